The van der Waals surface area contributed by atoms with E-state index < -0.39 is 0 Å². The molecular weight excluding hydrogens is 464 g/mol. The number of aromatic nitrogens is 1. The van der Waals surface area contributed by atoms with Crippen LogP contribution in [0, 0.1) is 18.3 Å². The monoisotopic (exact) mass is 486 g/mol. The molecule has 6 nitrogen and oxygen atoms in total. The third-order valence-corrected chi connectivity index (χ3v) is 7.21. The minimum absolute atomic E-state index is 0.0706. The second-order valence-corrected chi connectivity index (χ2v) is 9.33. The molecule has 0 unspecified atom stereocenters. The van der Waals surface area contributed by atoms with Gasteiger partial charge in [-0.1, -0.05) is 53.8 Å². The van der Waals surface area contributed by atoms with Crippen LogP contribution in [0.1, 0.15) is 36.1 Å². The number of thiocarbonyl (C=S) groups is 1. The summed E-state index contributed by atoms with van der Waals surface area (Å²) >= 11 is 13.0. The molecule has 0 aliphatic carbocycles. The molecule has 1 aliphatic heterocycles. The lowest BCUT2D eigenvalue weighted by Crippen LogP contribution is -2.33. The highest BCUT2D eigenvalue weighted by atomic mass is 35.5. The van der Waals surface area contributed by atoms with Crippen LogP contribution in [-0.4, -0.2) is 32.8 Å². The number of anilines is 1. The van der Waals surface area contributed by atoms with Gasteiger partial charge in [0.05, 0.1) is 11.4 Å². The molecule has 166 valence electrons. The average Bonchev–Trinajstić information content (AvgIpc) is 3.03. The van der Waals surface area contributed by atoms with Crippen LogP contribution in [0.5, 0.6) is 0 Å². The molecule has 1 aliphatic rings. The quantitative estimate of drug-likeness (QED) is 0.443. The van der Waals surface area contributed by atoms with Crippen molar-refractivity contribution in [3.8, 4) is 6.07 Å². The van der Waals surface area contributed by atoms with Gasteiger partial charge in [-0.25, -0.2) is 0 Å². The van der Waals surface area contributed by atoms with E-state index in [0.717, 1.165) is 5.56 Å². The Bertz CT molecular complexity index is 1230. The zero-order valence-electron chi connectivity index (χ0n) is 18.3. The van der Waals surface area contributed by atoms with Gasteiger partial charge in [0.1, 0.15) is 21.8 Å². The van der Waals surface area contributed by atoms with E-state index in [9.17, 15) is 14.9 Å². The first-order valence-electron chi connectivity index (χ1n) is 10.1. The van der Waals surface area contributed by atoms with Crippen LogP contribution in [-0.2, 0) is 18.4 Å². The number of carbonyl (C=O) groups is 1. The minimum atomic E-state index is -0.352. The zero-order chi connectivity index (χ0) is 23.6. The van der Waals surface area contributed by atoms with Crippen molar-refractivity contribution in [3.05, 3.63) is 66.8 Å². The molecule has 0 radical (unpaired) electrons. The number of pyridine rings is 1. The molecule has 0 atom stereocenters. The van der Waals surface area contributed by atoms with Crippen molar-refractivity contribution in [1.82, 2.24) is 9.47 Å². The number of rotatable bonds is 6. The van der Waals surface area contributed by atoms with Crippen molar-refractivity contribution >= 4 is 57.7 Å². The summed E-state index contributed by atoms with van der Waals surface area (Å²) in [6.07, 6.45) is 1.75. The number of halogens is 1. The summed E-state index contributed by atoms with van der Waals surface area (Å²) < 4.78 is 1.92. The predicted octanol–water partition coefficient (Wildman–Crippen LogP) is 4.47. The van der Waals surface area contributed by atoms with Crippen LogP contribution in [0.25, 0.3) is 6.08 Å². The van der Waals surface area contributed by atoms with E-state index in [4.69, 9.17) is 23.8 Å². The standard InChI is InChI=1S/C23H23ClN4O2S2/c1-5-27(6-2)20-16(14(3)17(12-25)21(29)26(20)4)11-19-22(30)28(23(31)32-19)13-15-9-7-8-10-18(15)24/h7-11H,5-6,13H2,1-4H3/b19-11-. The minimum Gasteiger partial charge on any atom is -0.358 e. The lowest BCUT2D eigenvalue weighted by atomic mass is 10.0. The van der Waals surface area contributed by atoms with Gasteiger partial charge in [-0.2, -0.15) is 5.26 Å². The largest absolute Gasteiger partial charge is 0.358 e. The molecule has 1 amide bonds. The summed E-state index contributed by atoms with van der Waals surface area (Å²) in [7, 11) is 1.65. The van der Waals surface area contributed by atoms with Crippen LogP contribution >= 0.6 is 35.6 Å². The maximum Gasteiger partial charge on any atom is 0.270 e. The molecule has 0 bridgehead atoms. The van der Waals surface area contributed by atoms with Crippen molar-refractivity contribution < 1.29 is 4.79 Å². The van der Waals surface area contributed by atoms with Crippen LogP contribution in [0.4, 0.5) is 5.82 Å². The number of hydrogen-bond donors (Lipinski definition) is 0. The van der Waals surface area contributed by atoms with E-state index in [1.54, 1.807) is 26.1 Å². The Balaban J connectivity index is 2.12. The van der Waals surface area contributed by atoms with Gasteiger partial charge in [0, 0.05) is 30.7 Å². The van der Waals surface area contributed by atoms with Crippen LogP contribution in [0.2, 0.25) is 5.02 Å². The number of thioether (sulfide) groups is 1. The SMILES string of the molecule is CCN(CC)c1c(/C=C2\SC(=S)N(Cc3ccccc3Cl)C2=O)c(C)c(C#N)c(=O)n1C. The van der Waals surface area contributed by atoms with E-state index in [0.29, 0.717) is 44.3 Å². The second kappa shape index (κ2) is 9.90. The molecule has 3 rings (SSSR count). The van der Waals surface area contributed by atoms with Gasteiger partial charge in [0.15, 0.2) is 0 Å². The van der Waals surface area contributed by atoms with Crippen molar-refractivity contribution in [2.45, 2.75) is 27.3 Å². The lowest BCUT2D eigenvalue weighted by molar-refractivity contribution is -0.122. The number of benzene rings is 1. The smallest absolute Gasteiger partial charge is 0.270 e. The fourth-order valence-corrected chi connectivity index (χ4v) is 5.11. The molecule has 9 heteroatoms. The van der Waals surface area contributed by atoms with Gasteiger partial charge < -0.3 is 4.90 Å². The van der Waals surface area contributed by atoms with Crippen LogP contribution in [0.3, 0.4) is 0 Å². The molecule has 1 aromatic heterocycles. The van der Waals surface area contributed by atoms with Crippen LogP contribution < -0.4 is 10.5 Å². The van der Waals surface area contributed by atoms with Crippen molar-refractivity contribution in [2.24, 2.45) is 7.05 Å². The summed E-state index contributed by atoms with van der Waals surface area (Å²) in [6, 6.07) is 9.35. The van der Waals surface area contributed by atoms with E-state index in [-0.39, 0.29) is 23.6 Å². The molecule has 1 fully saturated rings. The van der Waals surface area contributed by atoms with E-state index in [1.807, 2.05) is 43.0 Å². The Labute approximate surface area is 202 Å². The van der Waals surface area contributed by atoms with Gasteiger partial charge in [-0.3, -0.25) is 19.1 Å². The van der Waals surface area contributed by atoms with E-state index >= 15 is 0 Å². The molecule has 32 heavy (non-hydrogen) atoms. The molecule has 2 aromatic rings. The summed E-state index contributed by atoms with van der Waals surface area (Å²) in [5.41, 5.74) is 1.75. The first-order valence-corrected chi connectivity index (χ1v) is 11.7. The van der Waals surface area contributed by atoms with Crippen molar-refractivity contribution in [2.75, 3.05) is 18.0 Å². The topological polar surface area (TPSA) is 69.3 Å². The first-order chi connectivity index (χ1) is 15.2. The Morgan fingerprint density at radius 1 is 1.25 bits per heavy atom. The molecule has 0 N–H and O–H groups in total. The van der Waals surface area contributed by atoms with Gasteiger partial charge >= 0.3 is 0 Å². The maximum absolute atomic E-state index is 13.2. The van der Waals surface area contributed by atoms with Gasteiger partial charge in [-0.15, -0.1) is 0 Å². The Morgan fingerprint density at radius 3 is 2.50 bits per heavy atom. The average molecular weight is 487 g/mol. The predicted molar refractivity (Wildman–Crippen MR) is 135 cm³/mol. The summed E-state index contributed by atoms with van der Waals surface area (Å²) in [6.45, 7) is 7.35. The highest BCUT2D eigenvalue weighted by Crippen LogP contribution is 2.36. The number of hydrogen-bond acceptors (Lipinski definition) is 6. The Morgan fingerprint density at radius 2 is 1.91 bits per heavy atom. The molecule has 0 spiro atoms. The Hall–Kier alpha value is -2.60. The molecule has 1 aromatic carbocycles. The highest BCUT2D eigenvalue weighted by molar-refractivity contribution is 8.26. The number of amides is 1. The van der Waals surface area contributed by atoms with E-state index in [1.165, 1.54) is 21.2 Å². The van der Waals surface area contributed by atoms with Gasteiger partial charge in [0.2, 0.25) is 0 Å². The molecule has 0 saturated carbocycles. The summed E-state index contributed by atoms with van der Waals surface area (Å²) in [5.74, 6) is 0.449. The normalized spacial score (nSPS) is 14.9. The fraction of sp³-hybridized carbons (Fsp3) is 0.304. The van der Waals surface area contributed by atoms with Gasteiger partial charge in [-0.05, 0) is 44.0 Å². The lowest BCUT2D eigenvalue weighted by Gasteiger charge is -2.27. The van der Waals surface area contributed by atoms with Crippen molar-refractivity contribution in [3.63, 3.8) is 0 Å². The maximum atomic E-state index is 13.2. The molecular formula is C23H23ClN4O2S2. The summed E-state index contributed by atoms with van der Waals surface area (Å²) in [4.78, 5) is 30.0. The number of nitriles is 1. The highest BCUT2D eigenvalue weighted by Gasteiger charge is 2.33. The zero-order valence-corrected chi connectivity index (χ0v) is 20.7. The number of carbonyl (C=O) groups excluding carboxylic acids is 1. The molecule has 2 heterocycles. The fourth-order valence-electron chi connectivity index (χ4n) is 3.68. The van der Waals surface area contributed by atoms with E-state index in [2.05, 4.69) is 0 Å². The van der Waals surface area contributed by atoms with Crippen LogP contribution in [0.15, 0.2) is 34.0 Å². The Kier molecular flexibility index (Phi) is 7.44. The number of nitrogens with zero attached hydrogens (tertiary/aromatic N) is 4. The van der Waals surface area contributed by atoms with Crippen molar-refractivity contribution in [1.29, 1.82) is 5.26 Å². The summed E-state index contributed by atoms with van der Waals surface area (Å²) in [5, 5.41) is 10.1. The third-order valence-electron chi connectivity index (χ3n) is 5.47. The molecule has 1 saturated heterocycles. The van der Waals surface area contributed by atoms with Gasteiger partial charge in [0.25, 0.3) is 11.5 Å². The first kappa shape index (κ1) is 24.1. The third kappa shape index (κ3) is 4.33. The second-order valence-electron chi connectivity index (χ2n) is 7.24.